The first-order valence-corrected chi connectivity index (χ1v) is 4.52. The Bertz CT molecular complexity index is 83.6. The molecule has 0 aliphatic heterocycles. The van der Waals surface area contributed by atoms with E-state index in [-0.39, 0.29) is 6.10 Å². The second-order valence-corrected chi connectivity index (χ2v) is 3.32. The lowest BCUT2D eigenvalue weighted by atomic mass is 10.1. The summed E-state index contributed by atoms with van der Waals surface area (Å²) in [6.45, 7) is 4.03. The van der Waals surface area contributed by atoms with Gasteiger partial charge in [0.1, 0.15) is 0 Å². The zero-order valence-electron chi connectivity index (χ0n) is 7.93. The van der Waals surface area contributed by atoms with Gasteiger partial charge in [-0.05, 0) is 33.7 Å². The van der Waals surface area contributed by atoms with Crippen molar-refractivity contribution in [1.29, 1.82) is 0 Å². The Morgan fingerprint density at radius 2 is 1.73 bits per heavy atom. The van der Waals surface area contributed by atoms with Crippen LogP contribution in [-0.4, -0.2) is 24.3 Å². The third-order valence-corrected chi connectivity index (χ3v) is 2.00. The lowest BCUT2D eigenvalue weighted by Crippen LogP contribution is -2.20. The molecule has 0 heterocycles. The third kappa shape index (κ3) is 7.82. The molecule has 0 radical (unpaired) electrons. The van der Waals surface area contributed by atoms with Crippen molar-refractivity contribution in [2.75, 3.05) is 7.05 Å². The highest BCUT2D eigenvalue weighted by molar-refractivity contribution is 4.57. The highest BCUT2D eigenvalue weighted by Gasteiger charge is 1.98. The van der Waals surface area contributed by atoms with Crippen molar-refractivity contribution in [1.82, 2.24) is 5.32 Å². The summed E-state index contributed by atoms with van der Waals surface area (Å²) in [5, 5.41) is 12.1. The molecule has 0 aromatic rings. The van der Waals surface area contributed by atoms with Gasteiger partial charge in [-0.2, -0.15) is 0 Å². The molecule has 0 aromatic heterocycles. The van der Waals surface area contributed by atoms with Crippen LogP contribution >= 0.6 is 0 Å². The van der Waals surface area contributed by atoms with Crippen LogP contribution in [0.1, 0.15) is 39.5 Å². The molecule has 0 saturated carbocycles. The number of aliphatic hydroxyl groups is 1. The highest BCUT2D eigenvalue weighted by Crippen LogP contribution is 2.05. The van der Waals surface area contributed by atoms with Crippen LogP contribution in [0, 0.1) is 0 Å². The standard InChI is InChI=1S/C9H21NO/c1-8(10-3)6-4-5-7-9(2)11/h8-11H,4-7H2,1-3H3. The summed E-state index contributed by atoms with van der Waals surface area (Å²) in [5.74, 6) is 0. The fourth-order valence-corrected chi connectivity index (χ4v) is 1.03. The Hall–Kier alpha value is -0.0800. The zero-order chi connectivity index (χ0) is 8.69. The smallest absolute Gasteiger partial charge is 0.0512 e. The van der Waals surface area contributed by atoms with E-state index >= 15 is 0 Å². The van der Waals surface area contributed by atoms with Gasteiger partial charge in [0, 0.05) is 6.04 Å². The van der Waals surface area contributed by atoms with E-state index in [2.05, 4.69) is 12.2 Å². The average molecular weight is 159 g/mol. The molecule has 0 aromatic carbocycles. The molecule has 11 heavy (non-hydrogen) atoms. The molecule has 0 amide bonds. The predicted molar refractivity (Wildman–Crippen MR) is 48.7 cm³/mol. The first-order chi connectivity index (χ1) is 5.16. The minimum atomic E-state index is -0.125. The zero-order valence-corrected chi connectivity index (χ0v) is 7.93. The molecular formula is C9H21NO. The molecular weight excluding hydrogens is 138 g/mol. The summed E-state index contributed by atoms with van der Waals surface area (Å²) in [7, 11) is 1.99. The van der Waals surface area contributed by atoms with Crippen molar-refractivity contribution in [3.05, 3.63) is 0 Å². The lowest BCUT2D eigenvalue weighted by molar-refractivity contribution is 0.180. The van der Waals surface area contributed by atoms with Crippen LogP contribution in [0.15, 0.2) is 0 Å². The van der Waals surface area contributed by atoms with Gasteiger partial charge in [0.2, 0.25) is 0 Å². The quantitative estimate of drug-likeness (QED) is 0.576. The van der Waals surface area contributed by atoms with Gasteiger partial charge in [-0.15, -0.1) is 0 Å². The molecule has 0 aliphatic carbocycles. The summed E-state index contributed by atoms with van der Waals surface area (Å²) >= 11 is 0. The number of nitrogens with one attached hydrogen (secondary N) is 1. The molecule has 0 fully saturated rings. The minimum absolute atomic E-state index is 0.125. The molecule has 2 nitrogen and oxygen atoms in total. The Balaban J connectivity index is 3.01. The van der Waals surface area contributed by atoms with Crippen LogP contribution in [0.4, 0.5) is 0 Å². The van der Waals surface area contributed by atoms with Crippen LogP contribution in [0.2, 0.25) is 0 Å². The Kier molecular flexibility index (Phi) is 6.57. The van der Waals surface area contributed by atoms with Crippen molar-refractivity contribution in [2.24, 2.45) is 0 Å². The highest BCUT2D eigenvalue weighted by atomic mass is 16.3. The van der Waals surface area contributed by atoms with E-state index in [1.54, 1.807) is 0 Å². The largest absolute Gasteiger partial charge is 0.393 e. The van der Waals surface area contributed by atoms with Gasteiger partial charge in [-0.3, -0.25) is 0 Å². The summed E-state index contributed by atoms with van der Waals surface area (Å²) in [6.07, 6.45) is 4.39. The second-order valence-electron chi connectivity index (χ2n) is 3.32. The maximum Gasteiger partial charge on any atom is 0.0512 e. The summed E-state index contributed by atoms with van der Waals surface area (Å²) < 4.78 is 0. The van der Waals surface area contributed by atoms with Gasteiger partial charge < -0.3 is 10.4 Å². The molecule has 0 saturated heterocycles. The van der Waals surface area contributed by atoms with E-state index in [4.69, 9.17) is 5.11 Å². The molecule has 2 atom stereocenters. The topological polar surface area (TPSA) is 32.3 Å². The molecule has 68 valence electrons. The number of rotatable bonds is 6. The van der Waals surface area contributed by atoms with Gasteiger partial charge in [-0.1, -0.05) is 12.8 Å². The second kappa shape index (κ2) is 6.62. The van der Waals surface area contributed by atoms with Gasteiger partial charge >= 0.3 is 0 Å². The maximum atomic E-state index is 8.96. The molecule has 2 heteroatoms. The molecule has 0 aliphatic rings. The van der Waals surface area contributed by atoms with Crippen LogP contribution in [-0.2, 0) is 0 Å². The molecule has 0 spiro atoms. The first-order valence-electron chi connectivity index (χ1n) is 4.52. The van der Waals surface area contributed by atoms with E-state index in [1.165, 1.54) is 12.8 Å². The normalized spacial score (nSPS) is 16.4. The van der Waals surface area contributed by atoms with Crippen LogP contribution in [0.25, 0.3) is 0 Å². The molecule has 0 rings (SSSR count). The number of hydrogen-bond acceptors (Lipinski definition) is 2. The first kappa shape index (κ1) is 10.9. The van der Waals surface area contributed by atoms with Gasteiger partial charge in [-0.25, -0.2) is 0 Å². The van der Waals surface area contributed by atoms with Crippen molar-refractivity contribution in [3.63, 3.8) is 0 Å². The van der Waals surface area contributed by atoms with Crippen LogP contribution in [0.3, 0.4) is 0 Å². The molecule has 2 unspecified atom stereocenters. The molecule has 0 bridgehead atoms. The average Bonchev–Trinajstić information content (AvgIpc) is 1.97. The number of unbranched alkanes of at least 4 members (excludes halogenated alkanes) is 1. The van der Waals surface area contributed by atoms with Crippen LogP contribution < -0.4 is 5.32 Å². The van der Waals surface area contributed by atoms with E-state index in [9.17, 15) is 0 Å². The summed E-state index contributed by atoms with van der Waals surface area (Å²) in [5.41, 5.74) is 0. The molecule has 2 N–H and O–H groups in total. The van der Waals surface area contributed by atoms with Crippen LogP contribution in [0.5, 0.6) is 0 Å². The SMILES string of the molecule is CNC(C)CCCCC(C)O. The Labute approximate surface area is 70.0 Å². The minimum Gasteiger partial charge on any atom is -0.393 e. The Morgan fingerprint density at radius 1 is 1.18 bits per heavy atom. The summed E-state index contributed by atoms with van der Waals surface area (Å²) in [4.78, 5) is 0. The van der Waals surface area contributed by atoms with Crippen molar-refractivity contribution in [2.45, 2.75) is 51.7 Å². The van der Waals surface area contributed by atoms with Gasteiger partial charge in [0.25, 0.3) is 0 Å². The van der Waals surface area contributed by atoms with Crippen molar-refractivity contribution >= 4 is 0 Å². The van der Waals surface area contributed by atoms with E-state index < -0.39 is 0 Å². The fraction of sp³-hybridized carbons (Fsp3) is 1.00. The number of hydrogen-bond donors (Lipinski definition) is 2. The monoisotopic (exact) mass is 159 g/mol. The fourth-order valence-electron chi connectivity index (χ4n) is 1.03. The van der Waals surface area contributed by atoms with Crippen molar-refractivity contribution < 1.29 is 5.11 Å². The van der Waals surface area contributed by atoms with Crippen molar-refractivity contribution in [3.8, 4) is 0 Å². The predicted octanol–water partition coefficient (Wildman–Crippen LogP) is 1.54. The van der Waals surface area contributed by atoms with Gasteiger partial charge in [0.05, 0.1) is 6.10 Å². The third-order valence-electron chi connectivity index (χ3n) is 2.00. The van der Waals surface area contributed by atoms with E-state index in [0.717, 1.165) is 12.8 Å². The van der Waals surface area contributed by atoms with E-state index in [0.29, 0.717) is 6.04 Å². The number of aliphatic hydroxyl groups excluding tert-OH is 1. The van der Waals surface area contributed by atoms with E-state index in [1.807, 2.05) is 14.0 Å². The van der Waals surface area contributed by atoms with Gasteiger partial charge in [0.15, 0.2) is 0 Å². The Morgan fingerprint density at radius 3 is 2.18 bits per heavy atom. The summed E-state index contributed by atoms with van der Waals surface area (Å²) in [6, 6.07) is 0.615. The lowest BCUT2D eigenvalue weighted by Gasteiger charge is -2.09. The maximum absolute atomic E-state index is 8.96.